The molecule has 0 spiro atoms. The number of nitrogens with zero attached hydrogens (tertiary/aromatic N) is 1. The lowest BCUT2D eigenvalue weighted by molar-refractivity contribution is 0.0602. The van der Waals surface area contributed by atoms with Crippen LogP contribution in [0.2, 0.25) is 5.02 Å². The van der Waals surface area contributed by atoms with Crippen molar-refractivity contribution in [2.24, 2.45) is 0 Å². The smallest absolute Gasteiger partial charge is 0.340 e. The zero-order chi connectivity index (χ0) is 17.3. The Morgan fingerprint density at radius 2 is 1.92 bits per heavy atom. The molecule has 3 aromatic rings. The van der Waals surface area contributed by atoms with E-state index in [1.54, 1.807) is 12.1 Å². The molecule has 5 heteroatoms. The summed E-state index contributed by atoms with van der Waals surface area (Å²) in [5, 5.41) is 11.2. The minimum absolute atomic E-state index is 0.127. The molecule has 124 valence electrons. The zero-order valence-corrected chi connectivity index (χ0v) is 14.3. The summed E-state index contributed by atoms with van der Waals surface area (Å²) in [6, 6.07) is 12.8. The molecule has 24 heavy (non-hydrogen) atoms. The normalized spacial score (nSPS) is 11.0. The van der Waals surface area contributed by atoms with E-state index in [4.69, 9.17) is 16.3 Å². The predicted molar refractivity (Wildman–Crippen MR) is 94.8 cm³/mol. The van der Waals surface area contributed by atoms with Crippen LogP contribution in [0.4, 0.5) is 0 Å². The number of phenolic OH excluding ortho intramolecular Hbond substituents is 1. The van der Waals surface area contributed by atoms with E-state index in [0.29, 0.717) is 22.5 Å². The Kier molecular flexibility index (Phi) is 4.49. The number of benzene rings is 2. The van der Waals surface area contributed by atoms with E-state index in [-0.39, 0.29) is 5.75 Å². The maximum Gasteiger partial charge on any atom is 0.340 e. The van der Waals surface area contributed by atoms with Crippen LogP contribution in [0.25, 0.3) is 10.9 Å². The molecule has 0 atom stereocenters. The van der Waals surface area contributed by atoms with Gasteiger partial charge in [-0.25, -0.2) is 4.79 Å². The molecular formula is C19H18ClNO3. The van der Waals surface area contributed by atoms with E-state index in [1.165, 1.54) is 12.7 Å². The predicted octanol–water partition coefficient (Wildman–Crippen LogP) is 4.34. The molecule has 0 fully saturated rings. The highest BCUT2D eigenvalue weighted by molar-refractivity contribution is 6.30. The van der Waals surface area contributed by atoms with Gasteiger partial charge in [-0.05, 0) is 49.2 Å². The molecule has 0 aliphatic heterocycles. The third-order valence-electron chi connectivity index (χ3n) is 4.23. The summed E-state index contributed by atoms with van der Waals surface area (Å²) >= 11 is 5.92. The van der Waals surface area contributed by atoms with Gasteiger partial charge in [0.2, 0.25) is 0 Å². The second kappa shape index (κ2) is 6.57. The zero-order valence-electron chi connectivity index (χ0n) is 13.5. The van der Waals surface area contributed by atoms with Crippen LogP contribution in [0, 0.1) is 6.92 Å². The van der Waals surface area contributed by atoms with Crippen molar-refractivity contribution < 1.29 is 14.6 Å². The molecule has 4 nitrogen and oxygen atoms in total. The number of ether oxygens (including phenoxy) is 1. The SMILES string of the molecule is COC(=O)c1c(C)n(CCc2ccc(Cl)cc2)c2ccc(O)cc12. The van der Waals surface area contributed by atoms with Crippen LogP contribution < -0.4 is 0 Å². The molecule has 0 saturated heterocycles. The van der Waals surface area contributed by atoms with Crippen LogP contribution in [0.15, 0.2) is 42.5 Å². The van der Waals surface area contributed by atoms with Gasteiger partial charge in [-0.1, -0.05) is 23.7 Å². The molecular weight excluding hydrogens is 326 g/mol. The van der Waals surface area contributed by atoms with E-state index < -0.39 is 5.97 Å². The maximum atomic E-state index is 12.2. The van der Waals surface area contributed by atoms with Crippen LogP contribution in [-0.2, 0) is 17.7 Å². The average Bonchev–Trinajstić information content (AvgIpc) is 2.84. The minimum atomic E-state index is -0.395. The van der Waals surface area contributed by atoms with Gasteiger partial charge < -0.3 is 14.4 Å². The van der Waals surface area contributed by atoms with E-state index in [9.17, 15) is 9.90 Å². The summed E-state index contributed by atoms with van der Waals surface area (Å²) in [6.07, 6.45) is 0.809. The van der Waals surface area contributed by atoms with E-state index in [0.717, 1.165) is 17.6 Å². The van der Waals surface area contributed by atoms with Crippen molar-refractivity contribution in [1.29, 1.82) is 0 Å². The highest BCUT2D eigenvalue weighted by Crippen LogP contribution is 2.30. The number of carbonyl (C=O) groups is 1. The standard InChI is InChI=1S/C19H18ClNO3/c1-12-18(19(23)24-2)16-11-15(22)7-8-17(16)21(12)10-9-13-3-5-14(20)6-4-13/h3-8,11,22H,9-10H2,1-2H3. The van der Waals surface area contributed by atoms with Crippen molar-refractivity contribution in [3.05, 3.63) is 64.3 Å². The summed E-state index contributed by atoms with van der Waals surface area (Å²) in [6.45, 7) is 2.61. The Hall–Kier alpha value is -2.46. The van der Waals surface area contributed by atoms with Crippen LogP contribution >= 0.6 is 11.6 Å². The molecule has 0 radical (unpaired) electrons. The summed E-state index contributed by atoms with van der Waals surface area (Å²) in [5.41, 5.74) is 3.40. The molecule has 0 aliphatic rings. The van der Waals surface area contributed by atoms with Crippen LogP contribution in [0.5, 0.6) is 5.75 Å². The topological polar surface area (TPSA) is 51.5 Å². The number of hydrogen-bond acceptors (Lipinski definition) is 3. The van der Waals surface area contributed by atoms with E-state index in [2.05, 4.69) is 4.57 Å². The third-order valence-corrected chi connectivity index (χ3v) is 4.49. The van der Waals surface area contributed by atoms with Gasteiger partial charge in [-0.15, -0.1) is 0 Å². The number of fused-ring (bicyclic) bond motifs is 1. The van der Waals surface area contributed by atoms with Crippen LogP contribution in [0.3, 0.4) is 0 Å². The van der Waals surface area contributed by atoms with Crippen LogP contribution in [0.1, 0.15) is 21.6 Å². The number of halogens is 1. The van der Waals surface area contributed by atoms with Gasteiger partial charge in [0.05, 0.1) is 12.7 Å². The van der Waals surface area contributed by atoms with Crippen molar-refractivity contribution in [3.8, 4) is 5.75 Å². The van der Waals surface area contributed by atoms with Gasteiger partial charge in [-0.3, -0.25) is 0 Å². The van der Waals surface area contributed by atoms with Gasteiger partial charge in [0.1, 0.15) is 5.75 Å². The van der Waals surface area contributed by atoms with E-state index in [1.807, 2.05) is 37.3 Å². The largest absolute Gasteiger partial charge is 0.508 e. The number of hydrogen-bond donors (Lipinski definition) is 1. The molecule has 0 aliphatic carbocycles. The Balaban J connectivity index is 2.02. The number of rotatable bonds is 4. The number of aryl methyl sites for hydroxylation is 2. The molecule has 1 heterocycles. The quantitative estimate of drug-likeness (QED) is 0.717. The average molecular weight is 344 g/mol. The Morgan fingerprint density at radius 1 is 1.21 bits per heavy atom. The molecule has 2 aromatic carbocycles. The first-order chi connectivity index (χ1) is 11.5. The monoisotopic (exact) mass is 343 g/mol. The Morgan fingerprint density at radius 3 is 2.58 bits per heavy atom. The van der Waals surface area contributed by atoms with Gasteiger partial charge in [0.25, 0.3) is 0 Å². The lowest BCUT2D eigenvalue weighted by atomic mass is 10.1. The summed E-state index contributed by atoms with van der Waals surface area (Å²) in [5.74, 6) is -0.268. The fourth-order valence-corrected chi connectivity index (χ4v) is 3.14. The lowest BCUT2D eigenvalue weighted by Gasteiger charge is -2.09. The fraction of sp³-hybridized carbons (Fsp3) is 0.211. The molecule has 0 saturated carbocycles. The van der Waals surface area contributed by atoms with Crippen molar-refractivity contribution in [3.63, 3.8) is 0 Å². The summed E-state index contributed by atoms with van der Waals surface area (Å²) < 4.78 is 6.98. The molecule has 0 amide bonds. The summed E-state index contributed by atoms with van der Waals surface area (Å²) in [7, 11) is 1.36. The number of aromatic hydroxyl groups is 1. The summed E-state index contributed by atoms with van der Waals surface area (Å²) in [4.78, 5) is 12.2. The number of carbonyl (C=O) groups excluding carboxylic acids is 1. The van der Waals surface area contributed by atoms with Crippen LogP contribution in [-0.4, -0.2) is 22.8 Å². The minimum Gasteiger partial charge on any atom is -0.508 e. The van der Waals surface area contributed by atoms with Gasteiger partial charge in [0.15, 0.2) is 0 Å². The molecule has 1 N–H and O–H groups in total. The Labute approximate surface area is 145 Å². The second-order valence-corrected chi connectivity index (χ2v) is 6.12. The highest BCUT2D eigenvalue weighted by Gasteiger charge is 2.20. The number of methoxy groups -OCH3 is 1. The second-order valence-electron chi connectivity index (χ2n) is 5.68. The first kappa shape index (κ1) is 16.4. The molecule has 0 bridgehead atoms. The Bertz CT molecular complexity index is 897. The number of esters is 1. The van der Waals surface area contributed by atoms with Gasteiger partial charge in [0, 0.05) is 28.2 Å². The molecule has 3 rings (SSSR count). The first-order valence-electron chi connectivity index (χ1n) is 7.66. The number of aromatic nitrogens is 1. The number of phenols is 1. The van der Waals surface area contributed by atoms with Crippen molar-refractivity contribution >= 4 is 28.5 Å². The highest BCUT2D eigenvalue weighted by atomic mass is 35.5. The lowest BCUT2D eigenvalue weighted by Crippen LogP contribution is -2.07. The first-order valence-corrected chi connectivity index (χ1v) is 8.03. The fourth-order valence-electron chi connectivity index (χ4n) is 3.01. The maximum absolute atomic E-state index is 12.2. The molecule has 1 aromatic heterocycles. The van der Waals surface area contributed by atoms with Crippen molar-refractivity contribution in [1.82, 2.24) is 4.57 Å². The van der Waals surface area contributed by atoms with Gasteiger partial charge >= 0.3 is 5.97 Å². The van der Waals surface area contributed by atoms with Crippen molar-refractivity contribution in [2.75, 3.05) is 7.11 Å². The molecule has 0 unspecified atom stereocenters. The van der Waals surface area contributed by atoms with E-state index >= 15 is 0 Å². The third kappa shape index (κ3) is 2.97. The van der Waals surface area contributed by atoms with Crippen molar-refractivity contribution in [2.45, 2.75) is 19.9 Å². The van der Waals surface area contributed by atoms with Gasteiger partial charge in [-0.2, -0.15) is 0 Å².